The first-order valence-corrected chi connectivity index (χ1v) is 15.7. The Hall–Kier alpha value is -3.30. The first kappa shape index (κ1) is 31.1. The number of anilines is 2. The van der Waals surface area contributed by atoms with Gasteiger partial charge in [0.1, 0.15) is 18.1 Å². The molecule has 1 saturated carbocycles. The Morgan fingerprint density at radius 1 is 1.00 bits per heavy atom. The molecule has 3 aromatic carbocycles. The fourth-order valence-corrected chi connectivity index (χ4v) is 6.58. The number of benzene rings is 3. The van der Waals surface area contributed by atoms with E-state index in [1.165, 1.54) is 32.1 Å². The van der Waals surface area contributed by atoms with E-state index in [4.69, 9.17) is 37.9 Å². The fraction of sp³-hybridized carbons (Fsp3) is 0.281. The minimum absolute atomic E-state index is 0. The topological polar surface area (TPSA) is 91.3 Å². The smallest absolute Gasteiger partial charge is 0.335 e. The van der Waals surface area contributed by atoms with E-state index in [1.54, 1.807) is 35.6 Å². The van der Waals surface area contributed by atoms with Gasteiger partial charge in [-0.3, -0.25) is 0 Å². The van der Waals surface area contributed by atoms with Crippen LogP contribution in [0.2, 0.25) is 10.0 Å². The van der Waals surface area contributed by atoms with Gasteiger partial charge in [-0.2, -0.15) is 0 Å². The van der Waals surface area contributed by atoms with Crippen LogP contribution in [0.5, 0.6) is 5.75 Å². The van der Waals surface area contributed by atoms with Crippen molar-refractivity contribution in [3.63, 3.8) is 0 Å². The maximum atomic E-state index is 11.4. The van der Waals surface area contributed by atoms with Crippen LogP contribution in [0.15, 0.2) is 66.0 Å². The number of nitrogens with zero attached hydrogens (tertiary/aromatic N) is 3. The maximum Gasteiger partial charge on any atom is 0.335 e. The van der Waals surface area contributed by atoms with Gasteiger partial charge in [0.25, 0.3) is 0 Å². The molecule has 7 nitrogen and oxygen atoms in total. The van der Waals surface area contributed by atoms with Gasteiger partial charge in [0.2, 0.25) is 0 Å². The second kappa shape index (κ2) is 14.0. The molecule has 2 heterocycles. The number of H-pyrrole nitrogens is 1. The summed E-state index contributed by atoms with van der Waals surface area (Å²) < 4.78 is 5.99. The first-order chi connectivity index (χ1) is 20.4. The van der Waals surface area contributed by atoms with Crippen molar-refractivity contribution in [2.75, 3.05) is 11.4 Å². The lowest BCUT2D eigenvalue weighted by molar-refractivity contribution is 0.0697. The summed E-state index contributed by atoms with van der Waals surface area (Å²) in [7, 11) is 0. The van der Waals surface area contributed by atoms with Crippen LogP contribution in [0.25, 0.3) is 22.6 Å². The summed E-state index contributed by atoms with van der Waals surface area (Å²) in [5.41, 5.74) is 4.56. The number of imidazole rings is 1. The molecule has 0 radical (unpaired) electrons. The highest BCUT2D eigenvalue weighted by atomic mass is 35.5. The number of nitrogens with one attached hydrogen (secondary N) is 1. The van der Waals surface area contributed by atoms with Gasteiger partial charge in [-0.15, -0.1) is 23.7 Å². The number of hydrogen-bond acceptors (Lipinski definition) is 6. The van der Waals surface area contributed by atoms with Crippen molar-refractivity contribution in [3.8, 4) is 17.3 Å². The highest BCUT2D eigenvalue weighted by molar-refractivity contribution is 7.14. The summed E-state index contributed by atoms with van der Waals surface area (Å²) in [6, 6.07) is 18.2. The Bertz CT molecular complexity index is 1700. The summed E-state index contributed by atoms with van der Waals surface area (Å²) in [5, 5.41) is 13.2. The van der Waals surface area contributed by atoms with Crippen molar-refractivity contribution >= 4 is 74.8 Å². The Balaban J connectivity index is 0.00000368. The number of aromatic amines is 1. The number of carbonyl (C=O) groups is 1. The van der Waals surface area contributed by atoms with Gasteiger partial charge in [-0.1, -0.05) is 61.4 Å². The van der Waals surface area contributed by atoms with Crippen LogP contribution >= 0.6 is 46.9 Å². The molecule has 11 heteroatoms. The Morgan fingerprint density at radius 3 is 2.53 bits per heavy atom. The highest BCUT2D eigenvalue weighted by Gasteiger charge is 2.20. The molecular formula is C32H31Cl3N4O3S. The van der Waals surface area contributed by atoms with Gasteiger partial charge in [-0.25, -0.2) is 14.8 Å². The van der Waals surface area contributed by atoms with Crippen molar-refractivity contribution in [2.24, 2.45) is 5.92 Å². The first-order valence-electron chi connectivity index (χ1n) is 14.1. The zero-order valence-electron chi connectivity index (χ0n) is 23.3. The van der Waals surface area contributed by atoms with Crippen molar-refractivity contribution in [1.82, 2.24) is 15.0 Å². The van der Waals surface area contributed by atoms with E-state index in [-0.39, 0.29) is 18.0 Å². The molecule has 2 N–H and O–H groups in total. The Labute approximate surface area is 270 Å². The van der Waals surface area contributed by atoms with Gasteiger partial charge >= 0.3 is 5.97 Å². The molecule has 2 aromatic heterocycles. The van der Waals surface area contributed by atoms with Crippen LogP contribution in [-0.4, -0.2) is 32.6 Å². The van der Waals surface area contributed by atoms with Gasteiger partial charge in [0, 0.05) is 23.7 Å². The van der Waals surface area contributed by atoms with E-state index in [2.05, 4.69) is 9.88 Å². The van der Waals surface area contributed by atoms with Crippen LogP contribution in [0, 0.1) is 5.92 Å². The maximum absolute atomic E-state index is 11.4. The van der Waals surface area contributed by atoms with Crippen LogP contribution in [0.3, 0.4) is 0 Å². The molecule has 0 saturated heterocycles. The molecule has 0 bridgehead atoms. The lowest BCUT2D eigenvalue weighted by Gasteiger charge is -2.27. The second-order valence-electron chi connectivity index (χ2n) is 10.6. The van der Waals surface area contributed by atoms with Crippen molar-refractivity contribution in [2.45, 2.75) is 45.1 Å². The van der Waals surface area contributed by atoms with E-state index >= 15 is 0 Å². The van der Waals surface area contributed by atoms with Crippen molar-refractivity contribution < 1.29 is 14.6 Å². The van der Waals surface area contributed by atoms with E-state index < -0.39 is 5.97 Å². The summed E-state index contributed by atoms with van der Waals surface area (Å²) in [6.45, 7) is 1.19. The third kappa shape index (κ3) is 7.44. The monoisotopic (exact) mass is 656 g/mol. The summed E-state index contributed by atoms with van der Waals surface area (Å²) in [4.78, 5) is 26.8. The van der Waals surface area contributed by atoms with Crippen LogP contribution in [0.4, 0.5) is 10.8 Å². The standard InChI is InChI=1S/C32H30Cl2N4O3S.ClH/c33-25-12-6-21(16-26(25)34)18-41-24-11-13-27-28(17-24)36-30(35-27)29-19-42-32(37-29)38(15-14-20-4-2-1-3-5-20)23-9-7-22(8-10-23)31(39)40;/h6-13,16-17,19-20H,1-5,14-15,18H2,(H,35,36)(H,39,40);1H. The number of aromatic nitrogens is 3. The molecule has 0 amide bonds. The highest BCUT2D eigenvalue weighted by Crippen LogP contribution is 2.35. The van der Waals surface area contributed by atoms with E-state index in [0.29, 0.717) is 34.1 Å². The lowest BCUT2D eigenvalue weighted by atomic mass is 9.87. The van der Waals surface area contributed by atoms with Crippen molar-refractivity contribution in [3.05, 3.63) is 87.2 Å². The number of fused-ring (bicyclic) bond motifs is 1. The number of carboxylic acid groups (broad SMARTS) is 1. The van der Waals surface area contributed by atoms with E-state index in [9.17, 15) is 9.90 Å². The van der Waals surface area contributed by atoms with Gasteiger partial charge < -0.3 is 19.7 Å². The number of hydrogen-bond donors (Lipinski definition) is 2. The molecule has 1 aliphatic rings. The third-order valence-electron chi connectivity index (χ3n) is 7.72. The number of ether oxygens (including phenoxy) is 1. The molecule has 224 valence electrons. The largest absolute Gasteiger partial charge is 0.489 e. The molecule has 0 spiro atoms. The van der Waals surface area contributed by atoms with E-state index in [0.717, 1.165) is 46.1 Å². The van der Waals surface area contributed by atoms with Gasteiger partial charge in [0.15, 0.2) is 11.0 Å². The molecule has 1 aliphatic carbocycles. The van der Waals surface area contributed by atoms with Crippen LogP contribution in [-0.2, 0) is 6.61 Å². The Morgan fingerprint density at radius 2 is 1.79 bits per heavy atom. The Kier molecular flexibility index (Phi) is 10.1. The van der Waals surface area contributed by atoms with E-state index in [1.807, 2.05) is 41.8 Å². The zero-order valence-corrected chi connectivity index (χ0v) is 26.4. The number of carboxylic acids is 1. The normalized spacial score (nSPS) is 13.5. The summed E-state index contributed by atoms with van der Waals surface area (Å²) in [5.74, 6) is 1.17. The summed E-state index contributed by atoms with van der Waals surface area (Å²) in [6.07, 6.45) is 7.54. The fourth-order valence-electron chi connectivity index (χ4n) is 5.40. The third-order valence-corrected chi connectivity index (χ3v) is 9.32. The number of halogens is 3. The molecule has 5 aromatic rings. The number of thiazole rings is 1. The predicted octanol–water partition coefficient (Wildman–Crippen LogP) is 9.80. The zero-order chi connectivity index (χ0) is 29.1. The molecular weight excluding hydrogens is 627 g/mol. The second-order valence-corrected chi connectivity index (χ2v) is 12.3. The molecule has 6 rings (SSSR count). The van der Waals surface area contributed by atoms with Crippen LogP contribution in [0.1, 0.15) is 54.4 Å². The van der Waals surface area contributed by atoms with Gasteiger partial charge in [0.05, 0.1) is 26.6 Å². The predicted molar refractivity (Wildman–Crippen MR) is 177 cm³/mol. The quantitative estimate of drug-likeness (QED) is 0.155. The summed E-state index contributed by atoms with van der Waals surface area (Å²) >= 11 is 13.7. The molecule has 43 heavy (non-hydrogen) atoms. The number of aromatic carboxylic acids is 1. The number of rotatable bonds is 10. The average Bonchev–Trinajstić information content (AvgIpc) is 3.66. The molecule has 0 atom stereocenters. The molecule has 0 aliphatic heterocycles. The van der Waals surface area contributed by atoms with Crippen LogP contribution < -0.4 is 9.64 Å². The van der Waals surface area contributed by atoms with Crippen molar-refractivity contribution in [1.29, 1.82) is 0 Å². The lowest BCUT2D eigenvalue weighted by Crippen LogP contribution is -2.22. The van der Waals surface area contributed by atoms with Gasteiger partial charge in [-0.05, 0) is 66.4 Å². The average molecular weight is 658 g/mol. The minimum Gasteiger partial charge on any atom is -0.489 e. The molecule has 1 fully saturated rings. The molecule has 0 unspecified atom stereocenters. The minimum atomic E-state index is -0.931. The SMILES string of the molecule is Cl.O=C(O)c1ccc(N(CCC2CCCCC2)c2nc(-c3nc4ccc(OCc5ccc(Cl)c(Cl)c5)cc4[nH]3)cs2)cc1.